The molecule has 1 aromatic heterocycles. The molecule has 0 spiro atoms. The Labute approximate surface area is 121 Å². The number of halogens is 1. The summed E-state index contributed by atoms with van der Waals surface area (Å²) in [7, 11) is 0. The third-order valence-electron chi connectivity index (χ3n) is 3.48. The summed E-state index contributed by atoms with van der Waals surface area (Å²) in [5, 5.41) is 5.03. The van der Waals surface area contributed by atoms with Crippen LogP contribution in [0, 0.1) is 0 Å². The fraction of sp³-hybridized carbons (Fsp3) is 0.467. The zero-order valence-electron chi connectivity index (χ0n) is 10.6. The molecule has 1 aliphatic rings. The van der Waals surface area contributed by atoms with Crippen LogP contribution < -0.4 is 5.32 Å². The van der Waals surface area contributed by atoms with Crippen molar-refractivity contribution < 1.29 is 0 Å². The van der Waals surface area contributed by atoms with E-state index in [-0.39, 0.29) is 0 Å². The normalized spacial score (nSPS) is 15.4. The van der Waals surface area contributed by atoms with E-state index in [0.29, 0.717) is 0 Å². The maximum atomic E-state index is 3.69. The van der Waals surface area contributed by atoms with Crippen molar-refractivity contribution >= 4 is 37.4 Å². The average Bonchev–Trinajstić information content (AvgIpc) is 3.12. The van der Waals surface area contributed by atoms with Crippen LogP contribution in [-0.2, 0) is 6.54 Å². The number of benzene rings is 1. The highest BCUT2D eigenvalue weighted by atomic mass is 79.9. The molecule has 96 valence electrons. The van der Waals surface area contributed by atoms with Gasteiger partial charge < -0.3 is 5.32 Å². The van der Waals surface area contributed by atoms with Crippen molar-refractivity contribution in [2.75, 3.05) is 6.54 Å². The molecular formula is C15H18BrNS. The van der Waals surface area contributed by atoms with Crippen molar-refractivity contribution in [1.29, 1.82) is 0 Å². The van der Waals surface area contributed by atoms with E-state index in [1.54, 1.807) is 10.4 Å². The van der Waals surface area contributed by atoms with Crippen LogP contribution in [0.3, 0.4) is 0 Å². The van der Waals surface area contributed by atoms with Crippen LogP contribution in [0.15, 0.2) is 22.7 Å². The number of hydrogen-bond donors (Lipinski definition) is 1. The van der Waals surface area contributed by atoms with Crippen molar-refractivity contribution in [1.82, 2.24) is 5.32 Å². The lowest BCUT2D eigenvalue weighted by atomic mass is 10.1. The zero-order chi connectivity index (χ0) is 12.5. The molecule has 1 aliphatic carbocycles. The molecule has 1 saturated carbocycles. The van der Waals surface area contributed by atoms with E-state index in [1.807, 2.05) is 11.3 Å². The minimum Gasteiger partial charge on any atom is -0.312 e. The fourth-order valence-electron chi connectivity index (χ4n) is 2.48. The molecule has 0 amide bonds. The third-order valence-corrected chi connectivity index (χ3v) is 5.66. The van der Waals surface area contributed by atoms with Crippen LogP contribution in [0.4, 0.5) is 0 Å². The van der Waals surface area contributed by atoms with Gasteiger partial charge in [-0.1, -0.05) is 19.1 Å². The summed E-state index contributed by atoms with van der Waals surface area (Å²) in [5.74, 6) is 0.825. The highest BCUT2D eigenvalue weighted by molar-refractivity contribution is 9.10. The Morgan fingerprint density at radius 2 is 2.22 bits per heavy atom. The molecule has 1 heterocycles. The summed E-state index contributed by atoms with van der Waals surface area (Å²) in [6.07, 6.45) is 3.95. The van der Waals surface area contributed by atoms with Gasteiger partial charge in [-0.3, -0.25) is 0 Å². The van der Waals surface area contributed by atoms with E-state index in [9.17, 15) is 0 Å². The molecule has 0 radical (unpaired) electrons. The lowest BCUT2D eigenvalue weighted by molar-refractivity contribution is 0.678. The van der Waals surface area contributed by atoms with Crippen LogP contribution in [0.25, 0.3) is 10.1 Å². The van der Waals surface area contributed by atoms with Crippen LogP contribution in [-0.4, -0.2) is 6.54 Å². The smallest absolute Gasteiger partial charge is 0.0491 e. The van der Waals surface area contributed by atoms with E-state index < -0.39 is 0 Å². The monoisotopic (exact) mass is 323 g/mol. The number of rotatable bonds is 5. The molecular weight excluding hydrogens is 306 g/mol. The first-order valence-electron chi connectivity index (χ1n) is 6.71. The average molecular weight is 324 g/mol. The molecule has 18 heavy (non-hydrogen) atoms. The maximum Gasteiger partial charge on any atom is 0.0491 e. The SMILES string of the molecule is CCCNCc1sc2c(Br)cccc2c1C1CC1. The number of thiophene rings is 1. The molecule has 0 bridgehead atoms. The Balaban J connectivity index is 2.01. The molecule has 1 N–H and O–H groups in total. The molecule has 1 fully saturated rings. The predicted molar refractivity (Wildman–Crippen MR) is 83.5 cm³/mol. The summed E-state index contributed by atoms with van der Waals surface area (Å²) in [6.45, 7) is 4.36. The molecule has 1 nitrogen and oxygen atoms in total. The van der Waals surface area contributed by atoms with Crippen molar-refractivity contribution in [2.45, 2.75) is 38.6 Å². The van der Waals surface area contributed by atoms with Crippen LogP contribution >= 0.6 is 27.3 Å². The Kier molecular flexibility index (Phi) is 3.73. The van der Waals surface area contributed by atoms with Gasteiger partial charge in [0.05, 0.1) is 0 Å². The number of hydrogen-bond acceptors (Lipinski definition) is 2. The first kappa shape index (κ1) is 12.6. The largest absolute Gasteiger partial charge is 0.312 e. The Morgan fingerprint density at radius 1 is 1.39 bits per heavy atom. The summed E-state index contributed by atoms with van der Waals surface area (Å²) < 4.78 is 2.67. The summed E-state index contributed by atoms with van der Waals surface area (Å²) in [6, 6.07) is 6.60. The lowest BCUT2D eigenvalue weighted by Gasteiger charge is -2.04. The molecule has 0 unspecified atom stereocenters. The fourth-order valence-corrected chi connectivity index (χ4v) is 4.35. The summed E-state index contributed by atoms with van der Waals surface area (Å²) in [5.41, 5.74) is 1.62. The van der Waals surface area contributed by atoms with Crippen molar-refractivity contribution in [2.24, 2.45) is 0 Å². The van der Waals surface area contributed by atoms with Gasteiger partial charge >= 0.3 is 0 Å². The van der Waals surface area contributed by atoms with E-state index >= 15 is 0 Å². The predicted octanol–water partition coefficient (Wildman–Crippen LogP) is 5.04. The second-order valence-electron chi connectivity index (χ2n) is 5.01. The second-order valence-corrected chi connectivity index (χ2v) is 6.97. The van der Waals surface area contributed by atoms with Gasteiger partial charge in [0.2, 0.25) is 0 Å². The van der Waals surface area contributed by atoms with Gasteiger partial charge in [0.1, 0.15) is 0 Å². The molecule has 3 rings (SSSR count). The standard InChI is InChI=1S/C15H18BrNS/c1-2-8-17-9-13-14(10-6-7-10)11-4-3-5-12(16)15(11)18-13/h3-5,10,17H,2,6-9H2,1H3. The van der Waals surface area contributed by atoms with E-state index in [1.165, 1.54) is 33.8 Å². The first-order valence-corrected chi connectivity index (χ1v) is 8.32. The van der Waals surface area contributed by atoms with E-state index in [2.05, 4.69) is 46.4 Å². The Hall–Kier alpha value is -0.380. The quantitative estimate of drug-likeness (QED) is 0.760. The minimum absolute atomic E-state index is 0.825. The number of nitrogens with one attached hydrogen (secondary N) is 1. The van der Waals surface area contributed by atoms with Gasteiger partial charge in [-0.25, -0.2) is 0 Å². The topological polar surface area (TPSA) is 12.0 Å². The maximum absolute atomic E-state index is 3.69. The molecule has 1 aromatic carbocycles. The second kappa shape index (κ2) is 5.32. The van der Waals surface area contributed by atoms with E-state index in [4.69, 9.17) is 0 Å². The van der Waals surface area contributed by atoms with Gasteiger partial charge in [-0.05, 0) is 64.7 Å². The van der Waals surface area contributed by atoms with Gasteiger partial charge in [0.25, 0.3) is 0 Å². The van der Waals surface area contributed by atoms with Crippen LogP contribution in [0.5, 0.6) is 0 Å². The van der Waals surface area contributed by atoms with Crippen molar-refractivity contribution in [3.8, 4) is 0 Å². The molecule has 0 saturated heterocycles. The van der Waals surface area contributed by atoms with E-state index in [0.717, 1.165) is 19.0 Å². The summed E-state index contributed by atoms with van der Waals surface area (Å²) in [4.78, 5) is 1.55. The van der Waals surface area contributed by atoms with Crippen molar-refractivity contribution in [3.63, 3.8) is 0 Å². The Bertz CT molecular complexity index is 557. The molecule has 0 atom stereocenters. The zero-order valence-corrected chi connectivity index (χ0v) is 13.0. The van der Waals surface area contributed by atoms with Crippen LogP contribution in [0.2, 0.25) is 0 Å². The lowest BCUT2D eigenvalue weighted by Crippen LogP contribution is -2.13. The highest BCUT2D eigenvalue weighted by Crippen LogP contribution is 2.49. The first-order chi connectivity index (χ1) is 8.81. The molecule has 0 aliphatic heterocycles. The van der Waals surface area contributed by atoms with Gasteiger partial charge in [-0.2, -0.15) is 0 Å². The van der Waals surface area contributed by atoms with Crippen molar-refractivity contribution in [3.05, 3.63) is 33.1 Å². The van der Waals surface area contributed by atoms with Crippen LogP contribution in [0.1, 0.15) is 42.5 Å². The van der Waals surface area contributed by atoms with Gasteiger partial charge in [0, 0.05) is 20.6 Å². The van der Waals surface area contributed by atoms with Gasteiger partial charge in [-0.15, -0.1) is 11.3 Å². The Morgan fingerprint density at radius 3 is 2.94 bits per heavy atom. The minimum atomic E-state index is 0.825. The number of fused-ring (bicyclic) bond motifs is 1. The third kappa shape index (κ3) is 2.36. The summed E-state index contributed by atoms with van der Waals surface area (Å²) >= 11 is 5.65. The molecule has 3 heteroatoms. The molecule has 2 aromatic rings. The van der Waals surface area contributed by atoms with Gasteiger partial charge in [0.15, 0.2) is 0 Å². The highest BCUT2D eigenvalue weighted by Gasteiger charge is 2.29.